The van der Waals surface area contributed by atoms with Crippen LogP contribution in [0.2, 0.25) is 0 Å². The number of aromatic nitrogens is 3. The average molecular weight is 309 g/mol. The minimum Gasteiger partial charge on any atom is -0.387 e. The Bertz CT molecular complexity index is 906. The van der Waals surface area contributed by atoms with Crippen LogP contribution in [0.25, 0.3) is 10.9 Å². The van der Waals surface area contributed by atoms with Crippen molar-refractivity contribution in [2.24, 2.45) is 13.0 Å². The highest BCUT2D eigenvalue weighted by Crippen LogP contribution is 2.39. The van der Waals surface area contributed by atoms with Gasteiger partial charge in [-0.2, -0.15) is 0 Å². The van der Waals surface area contributed by atoms with Crippen LogP contribution >= 0.6 is 0 Å². The van der Waals surface area contributed by atoms with E-state index in [1.807, 2.05) is 53.6 Å². The summed E-state index contributed by atoms with van der Waals surface area (Å²) in [5.41, 5.74) is 2.42. The lowest BCUT2D eigenvalue weighted by Gasteiger charge is -2.27. The Labute approximate surface area is 134 Å². The number of benzene rings is 1. The number of rotatable bonds is 2. The minimum absolute atomic E-state index is 0.121. The Morgan fingerprint density at radius 1 is 1.35 bits per heavy atom. The van der Waals surface area contributed by atoms with Crippen molar-refractivity contribution < 1.29 is 9.90 Å². The molecule has 5 heteroatoms. The van der Waals surface area contributed by atoms with Crippen molar-refractivity contribution in [2.45, 2.75) is 26.0 Å². The zero-order valence-electron chi connectivity index (χ0n) is 13.2. The van der Waals surface area contributed by atoms with Gasteiger partial charge in [0.25, 0.3) is 0 Å². The molecule has 0 amide bonds. The van der Waals surface area contributed by atoms with Crippen LogP contribution in [0.3, 0.4) is 0 Å². The second-order valence-corrected chi connectivity index (χ2v) is 6.28. The summed E-state index contributed by atoms with van der Waals surface area (Å²) >= 11 is 0. The summed E-state index contributed by atoms with van der Waals surface area (Å²) in [6.45, 7) is 2.48. The van der Waals surface area contributed by atoms with Crippen LogP contribution in [-0.2, 0) is 13.6 Å². The zero-order valence-corrected chi connectivity index (χ0v) is 13.2. The Morgan fingerprint density at radius 3 is 2.87 bits per heavy atom. The molecule has 23 heavy (non-hydrogen) atoms. The molecule has 0 spiro atoms. The molecule has 0 saturated carbocycles. The van der Waals surface area contributed by atoms with Gasteiger partial charge < -0.3 is 14.2 Å². The molecule has 4 rings (SSSR count). The first-order chi connectivity index (χ1) is 11.1. The smallest absolute Gasteiger partial charge is 0.170 e. The molecule has 0 aliphatic heterocycles. The summed E-state index contributed by atoms with van der Waals surface area (Å²) in [7, 11) is 1.91. The lowest BCUT2D eigenvalue weighted by atomic mass is 9.83. The van der Waals surface area contributed by atoms with Gasteiger partial charge in [-0.1, -0.05) is 18.2 Å². The van der Waals surface area contributed by atoms with Gasteiger partial charge in [0, 0.05) is 48.4 Å². The number of hydrogen-bond donors (Lipinski definition) is 1. The summed E-state index contributed by atoms with van der Waals surface area (Å²) in [6, 6.07) is 7.84. The molecule has 2 atom stereocenters. The van der Waals surface area contributed by atoms with Crippen molar-refractivity contribution in [3.8, 4) is 0 Å². The number of carbonyl (C=O) groups excluding carboxylic acids is 1. The third-order valence-electron chi connectivity index (χ3n) is 4.93. The lowest BCUT2D eigenvalue weighted by Crippen LogP contribution is -2.29. The molecule has 3 aromatic rings. The summed E-state index contributed by atoms with van der Waals surface area (Å²) in [5.74, 6) is 0.780. The number of Topliss-reactive ketones (excluding diaryl/α,β-unsaturated/α-hetero) is 1. The van der Waals surface area contributed by atoms with Crippen molar-refractivity contribution in [3.05, 3.63) is 53.7 Å². The molecule has 1 aromatic carbocycles. The van der Waals surface area contributed by atoms with Gasteiger partial charge in [0.15, 0.2) is 5.78 Å². The summed E-state index contributed by atoms with van der Waals surface area (Å²) in [5, 5.41) is 11.6. The Hall–Kier alpha value is -2.40. The summed E-state index contributed by atoms with van der Waals surface area (Å²) in [6.07, 6.45) is 3.46. The van der Waals surface area contributed by atoms with E-state index in [1.165, 1.54) is 0 Å². The molecule has 118 valence electrons. The summed E-state index contributed by atoms with van der Waals surface area (Å²) in [4.78, 5) is 17.3. The third kappa shape index (κ3) is 2.04. The van der Waals surface area contributed by atoms with Crippen LogP contribution in [0.5, 0.6) is 0 Å². The van der Waals surface area contributed by atoms with Gasteiger partial charge >= 0.3 is 0 Å². The molecule has 0 fully saturated rings. The van der Waals surface area contributed by atoms with Crippen molar-refractivity contribution >= 4 is 16.7 Å². The molecular formula is C18H19N3O2. The molecular weight excluding hydrogens is 290 g/mol. The molecule has 1 aliphatic carbocycles. The number of hydrogen-bond acceptors (Lipinski definition) is 3. The minimum atomic E-state index is -0.617. The molecule has 0 radical (unpaired) electrons. The van der Waals surface area contributed by atoms with Crippen LogP contribution in [0.15, 0.2) is 36.7 Å². The van der Waals surface area contributed by atoms with E-state index in [0.717, 1.165) is 22.4 Å². The van der Waals surface area contributed by atoms with Crippen LogP contribution in [0.1, 0.15) is 34.4 Å². The van der Waals surface area contributed by atoms with Crippen molar-refractivity contribution in [3.63, 3.8) is 0 Å². The van der Waals surface area contributed by atoms with Crippen molar-refractivity contribution in [1.29, 1.82) is 0 Å². The van der Waals surface area contributed by atoms with Gasteiger partial charge in [-0.3, -0.25) is 4.79 Å². The molecule has 2 aromatic heterocycles. The van der Waals surface area contributed by atoms with Gasteiger partial charge in [0.2, 0.25) is 0 Å². The van der Waals surface area contributed by atoms with Gasteiger partial charge in [0.1, 0.15) is 5.82 Å². The van der Waals surface area contributed by atoms with Gasteiger partial charge in [-0.15, -0.1) is 0 Å². The molecule has 1 aliphatic rings. The summed E-state index contributed by atoms with van der Waals surface area (Å²) < 4.78 is 3.93. The highest BCUT2D eigenvalue weighted by atomic mass is 16.3. The number of para-hydroxylation sites is 1. The number of aliphatic hydroxyl groups excluding tert-OH is 1. The average Bonchev–Trinajstić information content (AvgIpc) is 3.07. The lowest BCUT2D eigenvalue weighted by molar-refractivity contribution is 0.0737. The second-order valence-electron chi connectivity index (χ2n) is 6.28. The van der Waals surface area contributed by atoms with E-state index in [0.29, 0.717) is 18.5 Å². The normalized spacial score (nSPS) is 20.9. The zero-order chi connectivity index (χ0) is 16.1. The number of aryl methyl sites for hydroxylation is 2. The van der Waals surface area contributed by atoms with Crippen molar-refractivity contribution in [2.75, 3.05) is 0 Å². The first-order valence-electron chi connectivity index (χ1n) is 7.85. The Balaban J connectivity index is 1.82. The topological polar surface area (TPSA) is 60.0 Å². The fourth-order valence-corrected chi connectivity index (χ4v) is 3.75. The molecule has 0 bridgehead atoms. The van der Waals surface area contributed by atoms with Crippen molar-refractivity contribution in [1.82, 2.24) is 14.1 Å². The SMILES string of the molecule is Cc1nccn1CC1CC(O)c2c(c3ccccc3n2C)C1=O. The number of ketones is 1. The van der Waals surface area contributed by atoms with E-state index < -0.39 is 6.10 Å². The number of fused-ring (bicyclic) bond motifs is 3. The van der Waals surface area contributed by atoms with E-state index in [-0.39, 0.29) is 11.7 Å². The van der Waals surface area contributed by atoms with Crippen LogP contribution in [0.4, 0.5) is 0 Å². The highest BCUT2D eigenvalue weighted by Gasteiger charge is 2.37. The number of nitrogens with zero attached hydrogens (tertiary/aromatic N) is 3. The second kappa shape index (κ2) is 5.06. The fourth-order valence-electron chi connectivity index (χ4n) is 3.75. The molecule has 2 heterocycles. The Morgan fingerprint density at radius 2 is 2.13 bits per heavy atom. The fraction of sp³-hybridized carbons (Fsp3) is 0.333. The van der Waals surface area contributed by atoms with Crippen LogP contribution in [-0.4, -0.2) is 25.0 Å². The van der Waals surface area contributed by atoms with Gasteiger partial charge in [0.05, 0.1) is 11.8 Å². The van der Waals surface area contributed by atoms with E-state index in [9.17, 15) is 9.90 Å². The maximum atomic E-state index is 13.1. The number of aliphatic hydroxyl groups is 1. The van der Waals surface area contributed by atoms with E-state index in [1.54, 1.807) is 6.20 Å². The Kier molecular flexibility index (Phi) is 3.13. The number of carbonyl (C=O) groups is 1. The largest absolute Gasteiger partial charge is 0.387 e. The maximum absolute atomic E-state index is 13.1. The van der Waals surface area contributed by atoms with E-state index in [2.05, 4.69) is 4.98 Å². The first-order valence-corrected chi connectivity index (χ1v) is 7.85. The predicted molar refractivity (Wildman–Crippen MR) is 87.3 cm³/mol. The first kappa shape index (κ1) is 14.2. The van der Waals surface area contributed by atoms with Gasteiger partial charge in [-0.25, -0.2) is 4.98 Å². The van der Waals surface area contributed by atoms with Gasteiger partial charge in [-0.05, 0) is 19.4 Å². The molecule has 5 nitrogen and oxygen atoms in total. The van der Waals surface area contributed by atoms with Crippen LogP contribution in [0, 0.1) is 12.8 Å². The quantitative estimate of drug-likeness (QED) is 0.791. The monoisotopic (exact) mass is 309 g/mol. The third-order valence-corrected chi connectivity index (χ3v) is 4.93. The molecule has 0 saturated heterocycles. The maximum Gasteiger partial charge on any atom is 0.170 e. The number of imidazole rings is 1. The van der Waals surface area contributed by atoms with E-state index >= 15 is 0 Å². The highest BCUT2D eigenvalue weighted by molar-refractivity contribution is 6.11. The molecule has 1 N–H and O–H groups in total. The molecule has 2 unspecified atom stereocenters. The predicted octanol–water partition coefficient (Wildman–Crippen LogP) is 2.62. The standard InChI is InChI=1S/C18H19N3O2/c1-11-19-7-8-21(11)10-12-9-15(22)17-16(18(12)23)13-5-3-4-6-14(13)20(17)2/h3-8,12,15,22H,9-10H2,1-2H3. The van der Waals surface area contributed by atoms with E-state index in [4.69, 9.17) is 0 Å². The van der Waals surface area contributed by atoms with Crippen LogP contribution < -0.4 is 0 Å².